The van der Waals surface area contributed by atoms with Crippen LogP contribution in [-0.4, -0.2) is 46.3 Å². The molecule has 1 amide bonds. The van der Waals surface area contributed by atoms with E-state index in [9.17, 15) is 9.59 Å². The van der Waals surface area contributed by atoms with Crippen LogP contribution in [0.5, 0.6) is 0 Å². The molecule has 2 rings (SSSR count). The van der Waals surface area contributed by atoms with Gasteiger partial charge in [0.25, 0.3) is 0 Å². The van der Waals surface area contributed by atoms with Crippen molar-refractivity contribution in [1.29, 1.82) is 0 Å². The second-order valence-corrected chi connectivity index (χ2v) is 7.23. The lowest BCUT2D eigenvalue weighted by Gasteiger charge is -2.24. The number of rotatable bonds is 2. The van der Waals surface area contributed by atoms with E-state index in [1.807, 2.05) is 0 Å². The summed E-state index contributed by atoms with van der Waals surface area (Å²) in [6.07, 6.45) is -0.208. The second-order valence-electron chi connectivity index (χ2n) is 6.47. The summed E-state index contributed by atoms with van der Waals surface area (Å²) in [7, 11) is 1.63. The Balaban J connectivity index is 1.94. The Morgan fingerprint density at radius 2 is 1.96 bits per heavy atom. The minimum absolute atomic E-state index is 0.274. The maximum absolute atomic E-state index is 12.2. The minimum Gasteiger partial charge on any atom is -0.456 e. The first-order valence-corrected chi connectivity index (χ1v) is 8.03. The lowest BCUT2D eigenvalue weighted by Crippen LogP contribution is -2.36. The molecule has 0 aromatic carbocycles. The van der Waals surface area contributed by atoms with Crippen LogP contribution in [0.3, 0.4) is 0 Å². The zero-order chi connectivity index (χ0) is 17.4. The lowest BCUT2D eigenvalue weighted by molar-refractivity contribution is 0.0187. The zero-order valence-electron chi connectivity index (χ0n) is 13.6. The van der Waals surface area contributed by atoms with E-state index in [1.165, 1.54) is 15.5 Å². The van der Waals surface area contributed by atoms with Gasteiger partial charge in [-0.1, -0.05) is 23.2 Å². The van der Waals surface area contributed by atoms with Crippen molar-refractivity contribution in [1.82, 2.24) is 9.47 Å². The van der Waals surface area contributed by atoms with Crippen molar-refractivity contribution in [3.8, 4) is 0 Å². The number of aromatic nitrogens is 1. The highest BCUT2D eigenvalue weighted by atomic mass is 35.5. The van der Waals surface area contributed by atoms with Crippen LogP contribution in [0.1, 0.15) is 37.7 Å². The first-order valence-electron chi connectivity index (χ1n) is 7.28. The smallest absolute Gasteiger partial charge is 0.410 e. The topological polar surface area (TPSA) is 60.8 Å². The molecule has 0 saturated carbocycles. The largest absolute Gasteiger partial charge is 0.456 e. The molecule has 6 nitrogen and oxygen atoms in total. The van der Waals surface area contributed by atoms with Gasteiger partial charge in [-0.2, -0.15) is 0 Å². The number of amides is 1. The van der Waals surface area contributed by atoms with E-state index >= 15 is 0 Å². The van der Waals surface area contributed by atoms with Crippen LogP contribution in [0.25, 0.3) is 0 Å². The summed E-state index contributed by atoms with van der Waals surface area (Å²) in [5, 5.41) is 0.573. The fourth-order valence-corrected chi connectivity index (χ4v) is 2.64. The van der Waals surface area contributed by atoms with Crippen LogP contribution >= 0.6 is 23.2 Å². The molecule has 0 N–H and O–H groups in total. The number of hydrogen-bond donors (Lipinski definition) is 0. The van der Waals surface area contributed by atoms with Crippen LogP contribution in [0, 0.1) is 0 Å². The summed E-state index contributed by atoms with van der Waals surface area (Å²) in [5.41, 5.74) is -0.279. The number of halogens is 2. The van der Waals surface area contributed by atoms with Gasteiger partial charge >= 0.3 is 12.1 Å². The van der Waals surface area contributed by atoms with E-state index < -0.39 is 17.7 Å². The van der Waals surface area contributed by atoms with Crippen LogP contribution in [0.15, 0.2) is 6.07 Å². The van der Waals surface area contributed by atoms with E-state index in [0.29, 0.717) is 24.5 Å². The third-order valence-electron chi connectivity index (χ3n) is 3.40. The quantitative estimate of drug-likeness (QED) is 0.755. The molecule has 1 fully saturated rings. The normalized spacial score (nSPS) is 18.2. The van der Waals surface area contributed by atoms with E-state index in [2.05, 4.69) is 0 Å². The van der Waals surface area contributed by atoms with Crippen molar-refractivity contribution < 1.29 is 19.1 Å². The molecule has 8 heteroatoms. The molecule has 1 atom stereocenters. The average molecular weight is 363 g/mol. The first kappa shape index (κ1) is 17.9. The predicted molar refractivity (Wildman–Crippen MR) is 87.1 cm³/mol. The molecular formula is C15H20Cl2N2O4. The highest BCUT2D eigenvalue weighted by Crippen LogP contribution is 2.26. The summed E-state index contributed by atoms with van der Waals surface area (Å²) in [6, 6.07) is 1.47. The van der Waals surface area contributed by atoms with E-state index in [-0.39, 0.29) is 17.0 Å². The molecular weight excluding hydrogens is 343 g/mol. The Bertz CT molecular complexity index is 622. The number of nitrogens with zero attached hydrogens (tertiary/aromatic N) is 2. The Morgan fingerprint density at radius 1 is 1.30 bits per heavy atom. The predicted octanol–water partition coefficient (Wildman–Crippen LogP) is 3.50. The number of ether oxygens (including phenoxy) is 2. The molecule has 0 radical (unpaired) electrons. The third kappa shape index (κ3) is 4.32. The third-order valence-corrected chi connectivity index (χ3v) is 4.24. The summed E-state index contributed by atoms with van der Waals surface area (Å²) in [6.45, 7) is 6.22. The minimum atomic E-state index is -0.553. The Morgan fingerprint density at radius 3 is 2.48 bits per heavy atom. The summed E-state index contributed by atoms with van der Waals surface area (Å²) < 4.78 is 12.2. The zero-order valence-corrected chi connectivity index (χ0v) is 15.1. The SMILES string of the molecule is Cn1c(C(=O)O[C@H]2CCN(C(=O)OC(C)(C)C)C2)cc(Cl)c1Cl. The van der Waals surface area contributed by atoms with Crippen molar-refractivity contribution >= 4 is 35.3 Å². The molecule has 0 bridgehead atoms. The van der Waals surface area contributed by atoms with Gasteiger partial charge in [0.05, 0.1) is 11.6 Å². The molecule has 128 valence electrons. The van der Waals surface area contributed by atoms with E-state index in [1.54, 1.807) is 27.8 Å². The molecule has 1 aliphatic heterocycles. The summed E-state index contributed by atoms with van der Waals surface area (Å²) >= 11 is 11.8. The first-order chi connectivity index (χ1) is 10.6. The van der Waals surface area contributed by atoms with Gasteiger partial charge in [0.1, 0.15) is 22.6 Å². The van der Waals surface area contributed by atoms with Crippen molar-refractivity contribution in [2.45, 2.75) is 38.9 Å². The number of carbonyl (C=O) groups is 2. The standard InChI is InChI=1S/C15H20Cl2N2O4/c1-15(2,3)23-14(21)19-6-5-9(8-19)22-13(20)11-7-10(16)12(17)18(11)4/h7,9H,5-6,8H2,1-4H3/t9-/m0/s1. The molecule has 1 aliphatic rings. The fraction of sp³-hybridized carbons (Fsp3) is 0.600. The molecule has 1 saturated heterocycles. The summed E-state index contributed by atoms with van der Waals surface area (Å²) in [5.74, 6) is -0.516. The number of likely N-dealkylation sites (tertiary alicyclic amines) is 1. The van der Waals surface area contributed by atoms with Gasteiger partial charge in [-0.15, -0.1) is 0 Å². The van der Waals surface area contributed by atoms with Crippen LogP contribution in [0.4, 0.5) is 4.79 Å². The second kappa shape index (κ2) is 6.61. The van der Waals surface area contributed by atoms with Gasteiger partial charge in [0, 0.05) is 20.0 Å². The van der Waals surface area contributed by atoms with Crippen molar-refractivity contribution in [2.24, 2.45) is 7.05 Å². The van der Waals surface area contributed by atoms with Gasteiger partial charge in [-0.3, -0.25) is 0 Å². The number of carbonyl (C=O) groups excluding carboxylic acids is 2. The molecule has 0 aliphatic carbocycles. The monoisotopic (exact) mass is 362 g/mol. The van der Waals surface area contributed by atoms with Gasteiger partial charge in [0.15, 0.2) is 0 Å². The Labute approximate surface area is 145 Å². The van der Waals surface area contributed by atoms with Gasteiger partial charge in [-0.05, 0) is 26.8 Å². The van der Waals surface area contributed by atoms with Crippen LogP contribution < -0.4 is 0 Å². The van der Waals surface area contributed by atoms with Crippen LogP contribution in [-0.2, 0) is 16.5 Å². The molecule has 0 unspecified atom stereocenters. The average Bonchev–Trinajstić information content (AvgIpc) is 2.98. The highest BCUT2D eigenvalue weighted by molar-refractivity contribution is 6.41. The van der Waals surface area contributed by atoms with E-state index in [0.717, 1.165) is 0 Å². The number of hydrogen-bond acceptors (Lipinski definition) is 4. The van der Waals surface area contributed by atoms with Gasteiger partial charge in [-0.25, -0.2) is 9.59 Å². The Kier molecular flexibility index (Phi) is 5.16. The molecule has 2 heterocycles. The van der Waals surface area contributed by atoms with Gasteiger partial charge in [0.2, 0.25) is 0 Å². The lowest BCUT2D eigenvalue weighted by atomic mass is 10.2. The van der Waals surface area contributed by atoms with Crippen LogP contribution in [0.2, 0.25) is 10.2 Å². The number of esters is 1. The van der Waals surface area contributed by atoms with Crippen molar-refractivity contribution in [3.05, 3.63) is 21.9 Å². The highest BCUT2D eigenvalue weighted by Gasteiger charge is 2.32. The Hall–Kier alpha value is -1.40. The molecule has 1 aromatic rings. The maximum Gasteiger partial charge on any atom is 0.410 e. The van der Waals surface area contributed by atoms with Crippen molar-refractivity contribution in [3.63, 3.8) is 0 Å². The van der Waals surface area contributed by atoms with Crippen molar-refractivity contribution in [2.75, 3.05) is 13.1 Å². The van der Waals surface area contributed by atoms with E-state index in [4.69, 9.17) is 32.7 Å². The van der Waals surface area contributed by atoms with Gasteiger partial charge < -0.3 is 18.9 Å². The molecule has 1 aromatic heterocycles. The fourth-order valence-electron chi connectivity index (χ4n) is 2.27. The maximum atomic E-state index is 12.2. The molecule has 23 heavy (non-hydrogen) atoms. The molecule has 0 spiro atoms. The summed E-state index contributed by atoms with van der Waals surface area (Å²) in [4.78, 5) is 25.7.